The fraction of sp³-hybridized carbons (Fsp3) is 0.667. The molecule has 18 heavy (non-hydrogen) atoms. The van der Waals surface area contributed by atoms with Crippen LogP contribution in [0.1, 0.15) is 44.7 Å². The minimum absolute atomic E-state index is 0.695. The quantitative estimate of drug-likeness (QED) is 0.867. The van der Waals surface area contributed by atoms with E-state index in [9.17, 15) is 0 Å². The first-order valence-electron chi connectivity index (χ1n) is 7.22. The van der Waals surface area contributed by atoms with Crippen LogP contribution in [0.5, 0.6) is 0 Å². The van der Waals surface area contributed by atoms with Crippen molar-refractivity contribution in [2.45, 2.75) is 51.6 Å². The van der Waals surface area contributed by atoms with E-state index in [1.165, 1.54) is 32.1 Å². The molecule has 2 rings (SSSR count). The summed E-state index contributed by atoms with van der Waals surface area (Å²) >= 11 is 0. The van der Waals surface area contributed by atoms with Crippen molar-refractivity contribution < 1.29 is 0 Å². The summed E-state index contributed by atoms with van der Waals surface area (Å²) in [6, 6.07) is 7.06. The largest absolute Gasteiger partial charge is 0.354 e. The van der Waals surface area contributed by atoms with Crippen molar-refractivity contribution in [3.8, 4) is 0 Å². The number of anilines is 1. The van der Waals surface area contributed by atoms with E-state index >= 15 is 0 Å². The number of hydrogen-bond donors (Lipinski definition) is 1. The SMILES string of the molecule is CCN(c1cccc(CNC)n1)C1CCCCC1. The molecule has 1 saturated carbocycles. The molecule has 1 heterocycles. The molecule has 0 amide bonds. The van der Waals surface area contributed by atoms with E-state index in [0.29, 0.717) is 6.04 Å². The van der Waals surface area contributed by atoms with Gasteiger partial charge in [-0.3, -0.25) is 0 Å². The first kappa shape index (κ1) is 13.3. The number of hydrogen-bond acceptors (Lipinski definition) is 3. The van der Waals surface area contributed by atoms with Gasteiger partial charge in [0.2, 0.25) is 0 Å². The van der Waals surface area contributed by atoms with Crippen LogP contribution in [0.3, 0.4) is 0 Å². The van der Waals surface area contributed by atoms with Crippen LogP contribution in [0.2, 0.25) is 0 Å². The van der Waals surface area contributed by atoms with Crippen LogP contribution >= 0.6 is 0 Å². The maximum atomic E-state index is 4.77. The van der Waals surface area contributed by atoms with Crippen LogP contribution in [-0.4, -0.2) is 24.6 Å². The Kier molecular flexibility index (Phi) is 5.00. The van der Waals surface area contributed by atoms with Gasteiger partial charge in [0, 0.05) is 19.1 Å². The lowest BCUT2D eigenvalue weighted by Crippen LogP contribution is -2.37. The van der Waals surface area contributed by atoms with Gasteiger partial charge in [0.15, 0.2) is 0 Å². The second kappa shape index (κ2) is 6.74. The molecule has 1 fully saturated rings. The van der Waals surface area contributed by atoms with Crippen LogP contribution in [0, 0.1) is 0 Å². The molecule has 3 nitrogen and oxygen atoms in total. The monoisotopic (exact) mass is 247 g/mol. The third-order valence-electron chi connectivity index (χ3n) is 3.80. The van der Waals surface area contributed by atoms with Gasteiger partial charge in [-0.2, -0.15) is 0 Å². The molecule has 1 aromatic heterocycles. The number of nitrogens with zero attached hydrogens (tertiary/aromatic N) is 2. The summed E-state index contributed by atoms with van der Waals surface area (Å²) < 4.78 is 0. The molecule has 0 aromatic carbocycles. The summed E-state index contributed by atoms with van der Waals surface area (Å²) in [5, 5.41) is 3.17. The molecule has 1 N–H and O–H groups in total. The maximum Gasteiger partial charge on any atom is 0.129 e. The second-order valence-electron chi connectivity index (χ2n) is 5.10. The van der Waals surface area contributed by atoms with Gasteiger partial charge in [-0.05, 0) is 38.9 Å². The molecule has 1 aliphatic carbocycles. The summed E-state index contributed by atoms with van der Waals surface area (Å²) in [5.74, 6) is 1.15. The van der Waals surface area contributed by atoms with E-state index < -0.39 is 0 Å². The van der Waals surface area contributed by atoms with Gasteiger partial charge in [-0.1, -0.05) is 25.3 Å². The first-order valence-corrected chi connectivity index (χ1v) is 7.22. The van der Waals surface area contributed by atoms with Crippen molar-refractivity contribution in [2.24, 2.45) is 0 Å². The van der Waals surface area contributed by atoms with Crippen LogP contribution in [0.4, 0.5) is 5.82 Å². The number of aromatic nitrogens is 1. The topological polar surface area (TPSA) is 28.2 Å². The molecule has 0 radical (unpaired) electrons. The molecule has 0 atom stereocenters. The average molecular weight is 247 g/mol. The lowest BCUT2D eigenvalue weighted by atomic mass is 9.94. The third kappa shape index (κ3) is 3.22. The Balaban J connectivity index is 2.12. The van der Waals surface area contributed by atoms with Gasteiger partial charge in [-0.15, -0.1) is 0 Å². The van der Waals surface area contributed by atoms with Crippen LogP contribution in [0.15, 0.2) is 18.2 Å². The Morgan fingerprint density at radius 1 is 1.28 bits per heavy atom. The fourth-order valence-electron chi connectivity index (χ4n) is 2.91. The standard InChI is InChI=1S/C15H25N3/c1-3-18(14-9-5-4-6-10-14)15-11-7-8-13(17-15)12-16-2/h7-8,11,14,16H,3-6,9-10,12H2,1-2H3. The van der Waals surface area contributed by atoms with Gasteiger partial charge in [0.05, 0.1) is 5.69 Å². The zero-order chi connectivity index (χ0) is 12.8. The Bertz CT molecular complexity index is 359. The lowest BCUT2D eigenvalue weighted by Gasteiger charge is -2.34. The van der Waals surface area contributed by atoms with Gasteiger partial charge < -0.3 is 10.2 Å². The van der Waals surface area contributed by atoms with Crippen molar-refractivity contribution >= 4 is 5.82 Å². The molecule has 1 aromatic rings. The first-order chi connectivity index (χ1) is 8.85. The van der Waals surface area contributed by atoms with Crippen molar-refractivity contribution in [3.63, 3.8) is 0 Å². The smallest absolute Gasteiger partial charge is 0.129 e. The van der Waals surface area contributed by atoms with Gasteiger partial charge in [0.25, 0.3) is 0 Å². The van der Waals surface area contributed by atoms with Crippen LogP contribution in [-0.2, 0) is 6.54 Å². The summed E-state index contributed by atoms with van der Waals surface area (Å²) in [7, 11) is 1.97. The Labute approximate surface area is 111 Å². The van der Waals surface area contributed by atoms with Gasteiger partial charge >= 0.3 is 0 Å². The van der Waals surface area contributed by atoms with E-state index in [2.05, 4.69) is 35.3 Å². The highest BCUT2D eigenvalue weighted by Gasteiger charge is 2.20. The molecule has 0 saturated heterocycles. The van der Waals surface area contributed by atoms with E-state index in [-0.39, 0.29) is 0 Å². The highest BCUT2D eigenvalue weighted by Crippen LogP contribution is 2.26. The molecule has 3 heteroatoms. The zero-order valence-corrected chi connectivity index (χ0v) is 11.7. The third-order valence-corrected chi connectivity index (χ3v) is 3.80. The molecule has 0 unspecified atom stereocenters. The van der Waals surface area contributed by atoms with Crippen molar-refractivity contribution in [3.05, 3.63) is 23.9 Å². The normalized spacial score (nSPS) is 16.8. The number of nitrogens with one attached hydrogen (secondary N) is 1. The van der Waals surface area contributed by atoms with Crippen LogP contribution < -0.4 is 10.2 Å². The predicted molar refractivity (Wildman–Crippen MR) is 76.9 cm³/mol. The summed E-state index contributed by atoms with van der Waals surface area (Å²) in [6.07, 6.45) is 6.80. The minimum atomic E-state index is 0.695. The number of pyridine rings is 1. The molecule has 0 bridgehead atoms. The molecular formula is C15H25N3. The summed E-state index contributed by atoms with van der Waals surface area (Å²) in [4.78, 5) is 7.26. The molecule has 0 aliphatic heterocycles. The Morgan fingerprint density at radius 2 is 2.06 bits per heavy atom. The molecule has 100 valence electrons. The highest BCUT2D eigenvalue weighted by atomic mass is 15.2. The fourth-order valence-corrected chi connectivity index (χ4v) is 2.91. The molecular weight excluding hydrogens is 222 g/mol. The van der Waals surface area contributed by atoms with E-state index in [4.69, 9.17) is 4.98 Å². The Hall–Kier alpha value is -1.09. The minimum Gasteiger partial charge on any atom is -0.354 e. The highest BCUT2D eigenvalue weighted by molar-refractivity contribution is 5.40. The lowest BCUT2D eigenvalue weighted by molar-refractivity contribution is 0.416. The Morgan fingerprint density at radius 3 is 2.72 bits per heavy atom. The zero-order valence-electron chi connectivity index (χ0n) is 11.7. The van der Waals surface area contributed by atoms with E-state index in [1.54, 1.807) is 0 Å². The van der Waals surface area contributed by atoms with Crippen molar-refractivity contribution in [1.82, 2.24) is 10.3 Å². The maximum absolute atomic E-state index is 4.77. The van der Waals surface area contributed by atoms with Gasteiger partial charge in [0.1, 0.15) is 5.82 Å². The van der Waals surface area contributed by atoms with Gasteiger partial charge in [-0.25, -0.2) is 4.98 Å². The summed E-state index contributed by atoms with van der Waals surface area (Å²) in [5.41, 5.74) is 1.13. The molecule has 0 spiro atoms. The van der Waals surface area contributed by atoms with E-state index in [0.717, 1.165) is 24.6 Å². The molecule has 1 aliphatic rings. The average Bonchev–Trinajstić information content (AvgIpc) is 2.42. The second-order valence-corrected chi connectivity index (χ2v) is 5.10. The van der Waals surface area contributed by atoms with Crippen LogP contribution in [0.25, 0.3) is 0 Å². The predicted octanol–water partition coefficient (Wildman–Crippen LogP) is 2.96. The van der Waals surface area contributed by atoms with E-state index in [1.807, 2.05) is 7.05 Å². The summed E-state index contributed by atoms with van der Waals surface area (Å²) in [6.45, 7) is 4.14. The number of rotatable bonds is 5. The van der Waals surface area contributed by atoms with Crippen molar-refractivity contribution in [1.29, 1.82) is 0 Å². The van der Waals surface area contributed by atoms with Crippen molar-refractivity contribution in [2.75, 3.05) is 18.5 Å².